The maximum absolute atomic E-state index is 12.1. The summed E-state index contributed by atoms with van der Waals surface area (Å²) in [5, 5.41) is -0.724. The highest BCUT2D eigenvalue weighted by molar-refractivity contribution is 8.02. The molecule has 1 saturated heterocycles. The number of carbonyl (C=O) groups is 2. The zero-order valence-corrected chi connectivity index (χ0v) is 11.0. The van der Waals surface area contributed by atoms with Crippen molar-refractivity contribution in [1.29, 1.82) is 0 Å². The van der Waals surface area contributed by atoms with E-state index in [1.54, 1.807) is 0 Å². The first-order chi connectivity index (χ1) is 9.27. The second-order valence-corrected chi connectivity index (χ2v) is 5.66. The molecule has 2 atom stereocenters. The molecule has 0 N–H and O–H groups in total. The minimum Gasteiger partial charge on any atom is -0.289 e. The Balaban J connectivity index is 1.92. The molecule has 1 aliphatic heterocycles. The van der Waals surface area contributed by atoms with E-state index in [9.17, 15) is 9.59 Å². The van der Waals surface area contributed by atoms with Crippen molar-refractivity contribution in [2.24, 2.45) is 0 Å². The van der Waals surface area contributed by atoms with E-state index < -0.39 is 0 Å². The topological polar surface area (TPSA) is 34.1 Å². The highest BCUT2D eigenvalue weighted by Gasteiger charge is 2.42. The third-order valence-electron chi connectivity index (χ3n) is 3.20. The Morgan fingerprint density at radius 1 is 0.632 bits per heavy atom. The number of rotatable bonds is 2. The van der Waals surface area contributed by atoms with Crippen molar-refractivity contribution in [2.75, 3.05) is 0 Å². The van der Waals surface area contributed by atoms with Gasteiger partial charge < -0.3 is 0 Å². The maximum atomic E-state index is 12.1. The van der Waals surface area contributed by atoms with Crippen molar-refractivity contribution in [3.8, 4) is 0 Å². The van der Waals surface area contributed by atoms with Crippen molar-refractivity contribution >= 4 is 23.3 Å². The molecule has 0 spiro atoms. The van der Waals surface area contributed by atoms with Gasteiger partial charge in [0.25, 0.3) is 0 Å². The van der Waals surface area contributed by atoms with Crippen LogP contribution in [0, 0.1) is 0 Å². The normalized spacial score (nSPS) is 22.7. The number of hydrogen-bond donors (Lipinski definition) is 0. The van der Waals surface area contributed by atoms with Crippen LogP contribution in [-0.2, 0) is 9.59 Å². The molecule has 0 amide bonds. The first-order valence-electron chi connectivity index (χ1n) is 6.11. The standard InChI is InChI=1S/C16H12O2S/c17-13-14(18)16(12-9-5-2-6-10-12)19-15(13)11-7-3-1-4-8-11/h1-10,15-16H/t15-,16?/m0/s1. The van der Waals surface area contributed by atoms with E-state index in [0.29, 0.717) is 0 Å². The Hall–Kier alpha value is -1.87. The SMILES string of the molecule is O=C1C(=O)[C@H](c2ccccc2)SC1c1ccccc1. The third-order valence-corrected chi connectivity index (χ3v) is 4.71. The zero-order valence-electron chi connectivity index (χ0n) is 10.2. The lowest BCUT2D eigenvalue weighted by Gasteiger charge is -2.09. The van der Waals surface area contributed by atoms with Crippen LogP contribution in [0.3, 0.4) is 0 Å². The van der Waals surface area contributed by atoms with Gasteiger partial charge in [0, 0.05) is 0 Å². The smallest absolute Gasteiger partial charge is 0.217 e. The van der Waals surface area contributed by atoms with Crippen molar-refractivity contribution < 1.29 is 9.59 Å². The van der Waals surface area contributed by atoms with Crippen LogP contribution < -0.4 is 0 Å². The summed E-state index contributed by atoms with van der Waals surface area (Å²) in [5.41, 5.74) is 1.81. The van der Waals surface area contributed by atoms with Gasteiger partial charge >= 0.3 is 0 Å². The molecule has 1 heterocycles. The maximum Gasteiger partial charge on any atom is 0.217 e. The van der Waals surface area contributed by atoms with Crippen molar-refractivity contribution in [3.05, 3.63) is 71.8 Å². The second-order valence-electron chi connectivity index (χ2n) is 4.45. The molecule has 19 heavy (non-hydrogen) atoms. The molecule has 0 bridgehead atoms. The van der Waals surface area contributed by atoms with Gasteiger partial charge in [-0.2, -0.15) is 0 Å². The van der Waals surface area contributed by atoms with Crippen LogP contribution in [-0.4, -0.2) is 11.6 Å². The summed E-state index contributed by atoms with van der Waals surface area (Å²) < 4.78 is 0. The lowest BCUT2D eigenvalue weighted by atomic mass is 10.0. The summed E-state index contributed by atoms with van der Waals surface area (Å²) in [5.74, 6) is -0.574. The number of ketones is 2. The largest absolute Gasteiger partial charge is 0.289 e. The van der Waals surface area contributed by atoms with E-state index in [2.05, 4.69) is 0 Å². The minimum atomic E-state index is -0.362. The minimum absolute atomic E-state index is 0.287. The van der Waals surface area contributed by atoms with E-state index in [0.717, 1.165) is 11.1 Å². The van der Waals surface area contributed by atoms with Crippen LogP contribution in [0.5, 0.6) is 0 Å². The summed E-state index contributed by atoms with van der Waals surface area (Å²) in [4.78, 5) is 24.2. The molecular formula is C16H12O2S. The molecule has 3 heteroatoms. The Labute approximate surface area is 115 Å². The van der Waals surface area contributed by atoms with Crippen molar-refractivity contribution in [3.63, 3.8) is 0 Å². The van der Waals surface area contributed by atoms with Crippen molar-refractivity contribution in [1.82, 2.24) is 0 Å². The number of hydrogen-bond acceptors (Lipinski definition) is 3. The van der Waals surface area contributed by atoms with Crippen LogP contribution >= 0.6 is 11.8 Å². The van der Waals surface area contributed by atoms with Crippen LogP contribution in [0.4, 0.5) is 0 Å². The predicted octanol–water partition coefficient (Wildman–Crippen LogP) is 3.35. The number of benzene rings is 2. The number of Topliss-reactive ketones (excluding diaryl/α,β-unsaturated/α-hetero) is 2. The summed E-state index contributed by atoms with van der Waals surface area (Å²) in [7, 11) is 0. The molecule has 1 aliphatic rings. The van der Waals surface area contributed by atoms with Crippen LogP contribution in [0.2, 0.25) is 0 Å². The first-order valence-corrected chi connectivity index (χ1v) is 7.05. The second kappa shape index (κ2) is 5.02. The Morgan fingerprint density at radius 2 is 1.00 bits per heavy atom. The van der Waals surface area contributed by atoms with Crippen LogP contribution in [0.15, 0.2) is 60.7 Å². The monoisotopic (exact) mass is 268 g/mol. The molecule has 94 valence electrons. The van der Waals surface area contributed by atoms with Gasteiger partial charge in [-0.1, -0.05) is 60.7 Å². The fraction of sp³-hybridized carbons (Fsp3) is 0.125. The molecule has 0 radical (unpaired) electrons. The third kappa shape index (κ3) is 2.22. The van der Waals surface area contributed by atoms with Gasteiger partial charge in [-0.3, -0.25) is 9.59 Å². The Kier molecular flexibility index (Phi) is 3.22. The van der Waals surface area contributed by atoms with E-state index >= 15 is 0 Å². The van der Waals surface area contributed by atoms with Gasteiger partial charge in [0.1, 0.15) is 0 Å². The molecule has 0 saturated carbocycles. The van der Waals surface area contributed by atoms with Crippen LogP contribution in [0.25, 0.3) is 0 Å². The number of carbonyl (C=O) groups excluding carboxylic acids is 2. The molecule has 2 aromatic rings. The quantitative estimate of drug-likeness (QED) is 0.783. The number of thioether (sulfide) groups is 1. The first kappa shape index (κ1) is 12.2. The fourth-order valence-electron chi connectivity index (χ4n) is 2.23. The van der Waals surface area contributed by atoms with E-state index in [4.69, 9.17) is 0 Å². The van der Waals surface area contributed by atoms with Gasteiger partial charge in [-0.15, -0.1) is 11.8 Å². The Bertz CT molecular complexity index is 552. The van der Waals surface area contributed by atoms with Crippen LogP contribution in [0.1, 0.15) is 21.6 Å². The summed E-state index contributed by atoms with van der Waals surface area (Å²) in [6, 6.07) is 19.0. The van der Waals surface area contributed by atoms with E-state index in [-0.39, 0.29) is 22.1 Å². The average molecular weight is 268 g/mol. The lowest BCUT2D eigenvalue weighted by molar-refractivity contribution is -0.135. The van der Waals surface area contributed by atoms with E-state index in [1.165, 1.54) is 11.8 Å². The summed E-state index contributed by atoms with van der Waals surface area (Å²) in [6.07, 6.45) is 0. The molecule has 1 unspecified atom stereocenters. The molecule has 2 aromatic carbocycles. The van der Waals surface area contributed by atoms with Gasteiger partial charge in [-0.25, -0.2) is 0 Å². The predicted molar refractivity (Wildman–Crippen MR) is 76.0 cm³/mol. The Morgan fingerprint density at radius 3 is 1.37 bits per heavy atom. The van der Waals surface area contributed by atoms with Gasteiger partial charge in [0.05, 0.1) is 10.5 Å². The van der Waals surface area contributed by atoms with Crippen molar-refractivity contribution in [2.45, 2.75) is 10.5 Å². The zero-order chi connectivity index (χ0) is 13.2. The molecule has 0 aliphatic carbocycles. The van der Waals surface area contributed by atoms with Gasteiger partial charge in [0.2, 0.25) is 11.6 Å². The molecule has 1 fully saturated rings. The molecule has 2 nitrogen and oxygen atoms in total. The van der Waals surface area contributed by atoms with E-state index in [1.807, 2.05) is 60.7 Å². The summed E-state index contributed by atoms with van der Waals surface area (Å²) in [6.45, 7) is 0. The molecular weight excluding hydrogens is 256 g/mol. The average Bonchev–Trinajstić information content (AvgIpc) is 2.77. The lowest BCUT2D eigenvalue weighted by Crippen LogP contribution is -2.14. The van der Waals surface area contributed by atoms with Gasteiger partial charge in [0.15, 0.2) is 0 Å². The summed E-state index contributed by atoms with van der Waals surface area (Å²) >= 11 is 1.43. The highest BCUT2D eigenvalue weighted by Crippen LogP contribution is 2.48. The van der Waals surface area contributed by atoms with Gasteiger partial charge in [-0.05, 0) is 11.1 Å². The highest BCUT2D eigenvalue weighted by atomic mass is 32.2. The molecule has 3 rings (SSSR count). The molecule has 0 aromatic heterocycles. The fourth-order valence-corrected chi connectivity index (χ4v) is 3.61.